The lowest BCUT2D eigenvalue weighted by Gasteiger charge is -2.47. The van der Waals surface area contributed by atoms with Crippen molar-refractivity contribution in [2.45, 2.75) is 57.7 Å². The summed E-state index contributed by atoms with van der Waals surface area (Å²) >= 11 is 0. The number of H-pyrrole nitrogens is 1. The summed E-state index contributed by atoms with van der Waals surface area (Å²) < 4.78 is 10.7. The highest BCUT2D eigenvalue weighted by molar-refractivity contribution is 5.99. The van der Waals surface area contributed by atoms with E-state index in [4.69, 9.17) is 9.47 Å². The third-order valence-electron chi connectivity index (χ3n) is 7.43. The highest BCUT2D eigenvalue weighted by Gasteiger charge is 2.48. The van der Waals surface area contributed by atoms with Crippen LogP contribution in [0.5, 0.6) is 5.75 Å². The van der Waals surface area contributed by atoms with Gasteiger partial charge in [-0.05, 0) is 36.5 Å². The number of rotatable bonds is 6. The Labute approximate surface area is 205 Å². The first kappa shape index (κ1) is 23.7. The first-order valence-electron chi connectivity index (χ1n) is 12.5. The zero-order chi connectivity index (χ0) is 24.7. The lowest BCUT2D eigenvalue weighted by Crippen LogP contribution is -2.66. The Balaban J connectivity index is 1.42. The summed E-state index contributed by atoms with van der Waals surface area (Å²) in [7, 11) is 1.64. The zero-order valence-corrected chi connectivity index (χ0v) is 20.6. The number of hydrogen-bond acceptors (Lipinski definition) is 5. The van der Waals surface area contributed by atoms with Crippen LogP contribution in [0.3, 0.4) is 0 Å². The van der Waals surface area contributed by atoms with Crippen LogP contribution in [0.2, 0.25) is 0 Å². The Morgan fingerprint density at radius 3 is 2.71 bits per heavy atom. The molecule has 1 aromatic carbocycles. The summed E-state index contributed by atoms with van der Waals surface area (Å²) in [4.78, 5) is 46.8. The van der Waals surface area contributed by atoms with E-state index in [1.165, 1.54) is 0 Å². The van der Waals surface area contributed by atoms with Gasteiger partial charge in [-0.3, -0.25) is 14.4 Å². The number of aromatic nitrogens is 1. The topological polar surface area (TPSA) is 104 Å². The number of amides is 3. The lowest BCUT2D eigenvalue weighted by atomic mass is 9.85. The van der Waals surface area contributed by atoms with Crippen LogP contribution >= 0.6 is 0 Å². The monoisotopic (exact) mass is 482 g/mol. The smallest absolute Gasteiger partial charge is 0.246 e. The summed E-state index contributed by atoms with van der Waals surface area (Å²) in [5.74, 6) is 0.842. The van der Waals surface area contributed by atoms with E-state index in [-0.39, 0.29) is 30.2 Å². The van der Waals surface area contributed by atoms with Crippen molar-refractivity contribution in [3.8, 4) is 5.75 Å². The van der Waals surface area contributed by atoms with Gasteiger partial charge in [0.1, 0.15) is 17.8 Å². The Morgan fingerprint density at radius 1 is 1.23 bits per heavy atom. The molecule has 3 unspecified atom stereocenters. The molecule has 1 aromatic heterocycles. The van der Waals surface area contributed by atoms with Crippen LogP contribution < -0.4 is 10.1 Å². The van der Waals surface area contributed by atoms with E-state index in [0.29, 0.717) is 45.1 Å². The Morgan fingerprint density at radius 2 is 2.00 bits per heavy atom. The molecule has 5 rings (SSSR count). The van der Waals surface area contributed by atoms with Gasteiger partial charge in [0.2, 0.25) is 17.7 Å². The molecule has 0 aliphatic carbocycles. The van der Waals surface area contributed by atoms with E-state index < -0.39 is 12.1 Å². The number of nitrogens with zero attached hydrogens (tertiary/aromatic N) is 2. The quantitative estimate of drug-likeness (QED) is 0.657. The average Bonchev–Trinajstić information content (AvgIpc) is 3.23. The van der Waals surface area contributed by atoms with Crippen molar-refractivity contribution in [3.63, 3.8) is 0 Å². The van der Waals surface area contributed by atoms with Gasteiger partial charge in [0.25, 0.3) is 0 Å². The summed E-state index contributed by atoms with van der Waals surface area (Å²) in [6.45, 7) is 6.47. The van der Waals surface area contributed by atoms with E-state index in [0.717, 1.165) is 34.3 Å². The Bertz CT molecular complexity index is 1140. The highest BCUT2D eigenvalue weighted by Crippen LogP contribution is 2.42. The maximum Gasteiger partial charge on any atom is 0.246 e. The average molecular weight is 483 g/mol. The Kier molecular flexibility index (Phi) is 6.44. The standard InChI is InChI=1S/C26H34N4O5/c1-15(2)12-21-24-18(17-5-4-16(34-3)13-20(17)27-24)14-22-25(32)28-19(26(33)30(21)22)6-7-23(31)29-8-10-35-11-9-29/h4-5,13,15,19,21-22,27H,6-12,14H2,1-3H3,(H,28,32). The van der Waals surface area contributed by atoms with Crippen molar-refractivity contribution in [3.05, 3.63) is 29.5 Å². The number of hydrogen-bond donors (Lipinski definition) is 2. The molecule has 3 aliphatic rings. The molecule has 2 aromatic rings. The fourth-order valence-electron chi connectivity index (χ4n) is 5.68. The number of carbonyl (C=O) groups excluding carboxylic acids is 3. The normalized spacial score (nSPS) is 24.4. The molecule has 2 saturated heterocycles. The van der Waals surface area contributed by atoms with Crippen LogP contribution in [0.4, 0.5) is 0 Å². The third-order valence-corrected chi connectivity index (χ3v) is 7.43. The number of carbonyl (C=O) groups is 3. The van der Waals surface area contributed by atoms with Gasteiger partial charge in [-0.2, -0.15) is 0 Å². The fraction of sp³-hybridized carbons (Fsp3) is 0.577. The minimum Gasteiger partial charge on any atom is -0.497 e. The predicted molar refractivity (Wildman–Crippen MR) is 130 cm³/mol. The molecule has 9 nitrogen and oxygen atoms in total. The molecule has 9 heteroatoms. The van der Waals surface area contributed by atoms with Gasteiger partial charge in [0.15, 0.2) is 0 Å². The highest BCUT2D eigenvalue weighted by atomic mass is 16.5. The summed E-state index contributed by atoms with van der Waals surface area (Å²) in [6.07, 6.45) is 1.73. The van der Waals surface area contributed by atoms with Gasteiger partial charge < -0.3 is 29.6 Å². The van der Waals surface area contributed by atoms with Gasteiger partial charge in [-0.1, -0.05) is 13.8 Å². The first-order chi connectivity index (χ1) is 16.9. The van der Waals surface area contributed by atoms with Gasteiger partial charge in [0.05, 0.1) is 26.4 Å². The molecule has 3 aliphatic heterocycles. The number of aromatic amines is 1. The van der Waals surface area contributed by atoms with Crippen LogP contribution in [0, 0.1) is 5.92 Å². The minimum absolute atomic E-state index is 0.00157. The molecule has 0 saturated carbocycles. The van der Waals surface area contributed by atoms with Crippen LogP contribution in [-0.2, 0) is 25.5 Å². The van der Waals surface area contributed by atoms with Crippen molar-refractivity contribution in [2.75, 3.05) is 33.4 Å². The largest absolute Gasteiger partial charge is 0.497 e. The number of nitrogens with one attached hydrogen (secondary N) is 2. The van der Waals surface area contributed by atoms with Gasteiger partial charge in [0, 0.05) is 48.6 Å². The maximum absolute atomic E-state index is 13.7. The van der Waals surface area contributed by atoms with E-state index in [1.807, 2.05) is 18.2 Å². The summed E-state index contributed by atoms with van der Waals surface area (Å²) in [5, 5.41) is 3.99. The second-order valence-corrected chi connectivity index (χ2v) is 10.1. The van der Waals surface area contributed by atoms with Crippen LogP contribution in [0.1, 0.15) is 50.4 Å². The SMILES string of the molecule is COc1ccc2c3c([nH]c2c1)C(CC(C)C)N1C(=O)C(CCC(=O)N2CCOCC2)NC(=O)C1C3. The molecule has 0 radical (unpaired) electrons. The van der Waals surface area contributed by atoms with Crippen LogP contribution in [0.25, 0.3) is 10.9 Å². The predicted octanol–water partition coefficient (Wildman–Crippen LogP) is 2.15. The molecule has 0 bridgehead atoms. The molecule has 2 N–H and O–H groups in total. The molecular formula is C26H34N4O5. The van der Waals surface area contributed by atoms with Crippen molar-refractivity contribution in [1.29, 1.82) is 0 Å². The molecule has 3 atom stereocenters. The number of methoxy groups -OCH3 is 1. The number of benzene rings is 1. The van der Waals surface area contributed by atoms with Crippen molar-refractivity contribution in [2.24, 2.45) is 5.92 Å². The summed E-state index contributed by atoms with van der Waals surface area (Å²) in [5.41, 5.74) is 3.05. The first-order valence-corrected chi connectivity index (χ1v) is 12.5. The van der Waals surface area contributed by atoms with Crippen molar-refractivity contribution >= 4 is 28.6 Å². The lowest BCUT2D eigenvalue weighted by molar-refractivity contribution is -0.154. The van der Waals surface area contributed by atoms with Gasteiger partial charge in [-0.25, -0.2) is 0 Å². The fourth-order valence-corrected chi connectivity index (χ4v) is 5.68. The number of fused-ring (bicyclic) bond motifs is 4. The minimum atomic E-state index is -0.690. The van der Waals surface area contributed by atoms with Crippen molar-refractivity contribution < 1.29 is 23.9 Å². The van der Waals surface area contributed by atoms with E-state index in [2.05, 4.69) is 24.1 Å². The zero-order valence-electron chi connectivity index (χ0n) is 20.6. The van der Waals surface area contributed by atoms with Gasteiger partial charge in [-0.15, -0.1) is 0 Å². The molecular weight excluding hydrogens is 448 g/mol. The van der Waals surface area contributed by atoms with E-state index in [9.17, 15) is 14.4 Å². The number of piperazine rings is 1. The molecule has 2 fully saturated rings. The number of morpholine rings is 1. The number of ether oxygens (including phenoxy) is 2. The summed E-state index contributed by atoms with van der Waals surface area (Å²) in [6, 6.07) is 4.44. The second kappa shape index (κ2) is 9.53. The third kappa shape index (κ3) is 4.37. The van der Waals surface area contributed by atoms with E-state index >= 15 is 0 Å². The Hall–Kier alpha value is -3.07. The molecule has 35 heavy (non-hydrogen) atoms. The molecule has 188 valence electrons. The molecule has 0 spiro atoms. The van der Waals surface area contributed by atoms with E-state index in [1.54, 1.807) is 16.9 Å². The van der Waals surface area contributed by atoms with Crippen LogP contribution in [-0.4, -0.2) is 78.0 Å². The van der Waals surface area contributed by atoms with Crippen LogP contribution in [0.15, 0.2) is 18.2 Å². The second-order valence-electron chi connectivity index (χ2n) is 10.1. The molecule has 3 amide bonds. The molecule has 4 heterocycles. The van der Waals surface area contributed by atoms with Crippen molar-refractivity contribution in [1.82, 2.24) is 20.1 Å². The van der Waals surface area contributed by atoms with Gasteiger partial charge >= 0.3 is 0 Å². The maximum atomic E-state index is 13.7.